The second-order valence-electron chi connectivity index (χ2n) is 3.01. The number of amides is 1. The van der Waals surface area contributed by atoms with E-state index < -0.39 is 11.9 Å². The molecule has 0 saturated carbocycles. The second kappa shape index (κ2) is 5.08. The molecule has 0 aromatic carbocycles. The standard InChI is InChI=1S/C8H12N4O3/c1-2-5(3-6(13)14)11-8(15)7-9-4-10-12-7/h4-5H,2-3H2,1H3,(H,11,15)(H,13,14)(H,9,10,12). The molecular weight excluding hydrogens is 200 g/mol. The number of carbonyl (C=O) groups is 2. The highest BCUT2D eigenvalue weighted by molar-refractivity contribution is 5.90. The lowest BCUT2D eigenvalue weighted by molar-refractivity contribution is -0.137. The van der Waals surface area contributed by atoms with Crippen LogP contribution in [0.15, 0.2) is 6.33 Å². The maximum atomic E-state index is 11.4. The van der Waals surface area contributed by atoms with Gasteiger partial charge in [0.25, 0.3) is 5.91 Å². The van der Waals surface area contributed by atoms with Crippen LogP contribution in [0.3, 0.4) is 0 Å². The Balaban J connectivity index is 2.52. The van der Waals surface area contributed by atoms with Crippen molar-refractivity contribution in [2.75, 3.05) is 0 Å². The van der Waals surface area contributed by atoms with Crippen LogP contribution >= 0.6 is 0 Å². The molecule has 1 unspecified atom stereocenters. The number of carboxylic acid groups (broad SMARTS) is 1. The second-order valence-corrected chi connectivity index (χ2v) is 3.01. The zero-order chi connectivity index (χ0) is 11.3. The summed E-state index contributed by atoms with van der Waals surface area (Å²) in [6.07, 6.45) is 1.66. The highest BCUT2D eigenvalue weighted by atomic mass is 16.4. The zero-order valence-corrected chi connectivity index (χ0v) is 8.23. The van der Waals surface area contributed by atoms with Crippen LogP contribution in [0.5, 0.6) is 0 Å². The van der Waals surface area contributed by atoms with Crippen LogP contribution in [0.4, 0.5) is 0 Å². The molecule has 0 bridgehead atoms. The summed E-state index contributed by atoms with van der Waals surface area (Å²) in [5, 5.41) is 17.0. The van der Waals surface area contributed by atoms with Gasteiger partial charge in [-0.3, -0.25) is 14.7 Å². The van der Waals surface area contributed by atoms with E-state index in [1.54, 1.807) is 6.92 Å². The molecule has 0 radical (unpaired) electrons. The van der Waals surface area contributed by atoms with Crippen LogP contribution in [0.1, 0.15) is 30.4 Å². The average molecular weight is 212 g/mol. The van der Waals surface area contributed by atoms with Gasteiger partial charge in [-0.15, -0.1) is 0 Å². The van der Waals surface area contributed by atoms with Gasteiger partial charge in [0.2, 0.25) is 5.82 Å². The third-order valence-corrected chi connectivity index (χ3v) is 1.88. The summed E-state index contributed by atoms with van der Waals surface area (Å²) >= 11 is 0. The van der Waals surface area contributed by atoms with Crippen molar-refractivity contribution < 1.29 is 14.7 Å². The van der Waals surface area contributed by atoms with Crippen molar-refractivity contribution >= 4 is 11.9 Å². The third kappa shape index (κ3) is 3.37. The van der Waals surface area contributed by atoms with Crippen LogP contribution in [0.25, 0.3) is 0 Å². The molecule has 0 aliphatic heterocycles. The topological polar surface area (TPSA) is 108 Å². The summed E-state index contributed by atoms with van der Waals surface area (Å²) in [4.78, 5) is 25.5. The first-order valence-corrected chi connectivity index (χ1v) is 4.51. The van der Waals surface area contributed by atoms with Crippen LogP contribution in [-0.4, -0.2) is 38.2 Å². The van der Waals surface area contributed by atoms with E-state index in [9.17, 15) is 9.59 Å². The lowest BCUT2D eigenvalue weighted by Crippen LogP contribution is -2.36. The molecule has 0 spiro atoms. The van der Waals surface area contributed by atoms with Crippen LogP contribution in [0.2, 0.25) is 0 Å². The normalized spacial score (nSPS) is 12.1. The summed E-state index contributed by atoms with van der Waals surface area (Å²) in [6.45, 7) is 1.80. The fourth-order valence-electron chi connectivity index (χ4n) is 1.08. The number of hydrogen-bond donors (Lipinski definition) is 3. The van der Waals surface area contributed by atoms with Gasteiger partial charge < -0.3 is 10.4 Å². The summed E-state index contributed by atoms with van der Waals surface area (Å²) in [5.41, 5.74) is 0. The van der Waals surface area contributed by atoms with E-state index in [0.717, 1.165) is 0 Å². The van der Waals surface area contributed by atoms with Crippen molar-refractivity contribution in [3.8, 4) is 0 Å². The first kappa shape index (κ1) is 11.2. The molecule has 0 aliphatic rings. The maximum Gasteiger partial charge on any atom is 0.305 e. The molecule has 82 valence electrons. The molecule has 1 rings (SSSR count). The number of aromatic nitrogens is 3. The molecule has 1 heterocycles. The minimum atomic E-state index is -0.945. The van der Waals surface area contributed by atoms with Crippen molar-refractivity contribution in [3.63, 3.8) is 0 Å². The van der Waals surface area contributed by atoms with Crippen molar-refractivity contribution in [2.45, 2.75) is 25.8 Å². The largest absolute Gasteiger partial charge is 0.481 e. The Morgan fingerprint density at radius 2 is 2.40 bits per heavy atom. The molecule has 3 N–H and O–H groups in total. The lowest BCUT2D eigenvalue weighted by Gasteiger charge is -2.13. The molecule has 1 amide bonds. The molecule has 0 saturated heterocycles. The number of H-pyrrole nitrogens is 1. The predicted octanol–water partition coefficient (Wildman–Crippen LogP) is -0.212. The van der Waals surface area contributed by atoms with Gasteiger partial charge in [0.05, 0.1) is 6.42 Å². The van der Waals surface area contributed by atoms with E-state index in [-0.39, 0.29) is 18.3 Å². The Bertz CT molecular complexity index is 336. The Kier molecular flexibility index (Phi) is 3.78. The maximum absolute atomic E-state index is 11.4. The minimum absolute atomic E-state index is 0.0823. The van der Waals surface area contributed by atoms with Gasteiger partial charge in [0.1, 0.15) is 6.33 Å². The molecule has 1 atom stereocenters. The SMILES string of the molecule is CCC(CC(=O)O)NC(=O)c1ncn[nH]1. The van der Waals surface area contributed by atoms with E-state index in [0.29, 0.717) is 6.42 Å². The van der Waals surface area contributed by atoms with E-state index in [1.807, 2.05) is 0 Å². The Labute approximate surface area is 85.9 Å². The summed E-state index contributed by atoms with van der Waals surface area (Å²) in [6, 6.07) is -0.389. The molecule has 7 nitrogen and oxygen atoms in total. The van der Waals surface area contributed by atoms with Crippen molar-refractivity contribution in [1.29, 1.82) is 0 Å². The van der Waals surface area contributed by atoms with E-state index >= 15 is 0 Å². The summed E-state index contributed by atoms with van der Waals surface area (Å²) in [5.74, 6) is -1.31. The van der Waals surface area contributed by atoms with E-state index in [1.165, 1.54) is 6.33 Å². The van der Waals surface area contributed by atoms with Gasteiger partial charge in [-0.05, 0) is 6.42 Å². The Morgan fingerprint density at radius 3 is 2.87 bits per heavy atom. The molecular formula is C8H12N4O3. The number of nitrogens with zero attached hydrogens (tertiary/aromatic N) is 2. The van der Waals surface area contributed by atoms with Gasteiger partial charge in [-0.25, -0.2) is 4.98 Å². The first-order valence-electron chi connectivity index (χ1n) is 4.51. The molecule has 0 fully saturated rings. The van der Waals surface area contributed by atoms with Crippen molar-refractivity contribution in [1.82, 2.24) is 20.5 Å². The smallest absolute Gasteiger partial charge is 0.305 e. The summed E-state index contributed by atoms with van der Waals surface area (Å²) < 4.78 is 0. The fourth-order valence-corrected chi connectivity index (χ4v) is 1.08. The zero-order valence-electron chi connectivity index (χ0n) is 8.23. The van der Waals surface area contributed by atoms with E-state index in [4.69, 9.17) is 5.11 Å². The first-order chi connectivity index (χ1) is 7.13. The number of hydrogen-bond acceptors (Lipinski definition) is 4. The Morgan fingerprint density at radius 1 is 1.67 bits per heavy atom. The van der Waals surface area contributed by atoms with Gasteiger partial charge >= 0.3 is 5.97 Å². The molecule has 0 aliphatic carbocycles. The number of aliphatic carboxylic acids is 1. The monoisotopic (exact) mass is 212 g/mol. The highest BCUT2D eigenvalue weighted by Gasteiger charge is 2.16. The van der Waals surface area contributed by atoms with Crippen LogP contribution in [-0.2, 0) is 4.79 Å². The molecule has 7 heteroatoms. The molecule has 15 heavy (non-hydrogen) atoms. The van der Waals surface area contributed by atoms with Gasteiger partial charge in [-0.2, -0.15) is 5.10 Å². The molecule has 1 aromatic rings. The number of carbonyl (C=O) groups excluding carboxylic acids is 1. The predicted molar refractivity (Wildman–Crippen MR) is 50.2 cm³/mol. The number of aromatic amines is 1. The third-order valence-electron chi connectivity index (χ3n) is 1.88. The van der Waals surface area contributed by atoms with Crippen molar-refractivity contribution in [2.24, 2.45) is 0 Å². The minimum Gasteiger partial charge on any atom is -0.481 e. The number of nitrogens with one attached hydrogen (secondary N) is 2. The molecule has 1 aromatic heterocycles. The number of rotatable bonds is 5. The van der Waals surface area contributed by atoms with Gasteiger partial charge in [0, 0.05) is 6.04 Å². The lowest BCUT2D eigenvalue weighted by atomic mass is 10.1. The number of carboxylic acids is 1. The van der Waals surface area contributed by atoms with Crippen LogP contribution in [0, 0.1) is 0 Å². The average Bonchev–Trinajstić information content (AvgIpc) is 2.68. The Hall–Kier alpha value is -1.92. The highest BCUT2D eigenvalue weighted by Crippen LogP contribution is 1.99. The van der Waals surface area contributed by atoms with E-state index in [2.05, 4.69) is 20.5 Å². The summed E-state index contributed by atoms with van der Waals surface area (Å²) in [7, 11) is 0. The fraction of sp³-hybridized carbons (Fsp3) is 0.500. The quantitative estimate of drug-likeness (QED) is 0.625. The van der Waals surface area contributed by atoms with Crippen LogP contribution < -0.4 is 5.32 Å². The van der Waals surface area contributed by atoms with Gasteiger partial charge in [0.15, 0.2) is 0 Å². The van der Waals surface area contributed by atoms with Gasteiger partial charge in [-0.1, -0.05) is 6.92 Å². The van der Waals surface area contributed by atoms with Crippen molar-refractivity contribution in [3.05, 3.63) is 12.2 Å².